The number of Topliss-reactive ketones (excluding diaryl/α,β-unsaturated/α-hetero) is 1. The molecule has 1 aliphatic rings. The lowest BCUT2D eigenvalue weighted by Gasteiger charge is -2.04. The molecule has 2 aromatic carbocycles. The Kier molecular flexibility index (Phi) is 5.07. The fraction of sp³-hybridized carbons (Fsp3) is 0.190. The molecular formula is C21H19FO4. The molecule has 0 atom stereocenters. The van der Waals surface area contributed by atoms with Crippen LogP contribution in [0.1, 0.15) is 24.0 Å². The lowest BCUT2D eigenvalue weighted by molar-refractivity contribution is -0.111. The third kappa shape index (κ3) is 3.61. The first-order valence-corrected chi connectivity index (χ1v) is 8.18. The van der Waals surface area contributed by atoms with Crippen molar-refractivity contribution in [2.45, 2.75) is 12.8 Å². The first kappa shape index (κ1) is 17.7. The van der Waals surface area contributed by atoms with Gasteiger partial charge in [0.05, 0.1) is 14.2 Å². The van der Waals surface area contributed by atoms with Crippen molar-refractivity contribution in [3.8, 4) is 17.2 Å². The van der Waals surface area contributed by atoms with Gasteiger partial charge in [-0.2, -0.15) is 0 Å². The molecule has 0 spiro atoms. The third-order valence-electron chi connectivity index (χ3n) is 4.33. The molecule has 0 radical (unpaired) electrons. The largest absolute Gasteiger partial charge is 0.504 e. The van der Waals surface area contributed by atoms with Crippen LogP contribution in [0, 0.1) is 5.82 Å². The van der Waals surface area contributed by atoms with Crippen LogP contribution in [0.15, 0.2) is 47.5 Å². The highest BCUT2D eigenvalue weighted by molar-refractivity contribution is 6.15. The van der Waals surface area contributed by atoms with Crippen LogP contribution in [-0.2, 0) is 4.79 Å². The molecule has 0 aliphatic heterocycles. The summed E-state index contributed by atoms with van der Waals surface area (Å²) in [6, 6.07) is 9.46. The predicted octanol–water partition coefficient (Wildman–Crippen LogP) is 4.38. The summed E-state index contributed by atoms with van der Waals surface area (Å²) in [5, 5.41) is 9.65. The minimum Gasteiger partial charge on any atom is -0.504 e. The van der Waals surface area contributed by atoms with Gasteiger partial charge in [0.2, 0.25) is 0 Å². The zero-order valence-corrected chi connectivity index (χ0v) is 14.6. The molecule has 1 saturated carbocycles. The van der Waals surface area contributed by atoms with Crippen LogP contribution >= 0.6 is 0 Å². The van der Waals surface area contributed by atoms with Crippen molar-refractivity contribution in [1.29, 1.82) is 0 Å². The molecule has 5 heteroatoms. The van der Waals surface area contributed by atoms with E-state index in [-0.39, 0.29) is 11.5 Å². The number of aromatic hydroxyl groups is 1. The van der Waals surface area contributed by atoms with Gasteiger partial charge in [-0.05, 0) is 54.8 Å². The van der Waals surface area contributed by atoms with Gasteiger partial charge in [-0.25, -0.2) is 4.39 Å². The number of ketones is 1. The summed E-state index contributed by atoms with van der Waals surface area (Å²) in [4.78, 5) is 12.6. The molecule has 134 valence electrons. The summed E-state index contributed by atoms with van der Waals surface area (Å²) in [6.07, 6.45) is 4.52. The number of hydrogen-bond acceptors (Lipinski definition) is 4. The SMILES string of the molecule is COc1ccc(/C=C2\CC/C(=C\c3ccc(O)c(OC)c3)C2=O)c(F)c1. The van der Waals surface area contributed by atoms with Crippen molar-refractivity contribution in [3.05, 3.63) is 64.5 Å². The van der Waals surface area contributed by atoms with Crippen molar-refractivity contribution >= 4 is 17.9 Å². The summed E-state index contributed by atoms with van der Waals surface area (Å²) in [5.41, 5.74) is 2.35. The molecular weight excluding hydrogens is 335 g/mol. The quantitative estimate of drug-likeness (QED) is 0.828. The Hall–Kier alpha value is -3.08. The number of rotatable bonds is 4. The first-order chi connectivity index (χ1) is 12.5. The first-order valence-electron chi connectivity index (χ1n) is 8.18. The van der Waals surface area contributed by atoms with Gasteiger partial charge in [-0.15, -0.1) is 0 Å². The van der Waals surface area contributed by atoms with Crippen molar-refractivity contribution in [1.82, 2.24) is 0 Å². The maximum atomic E-state index is 14.1. The van der Waals surface area contributed by atoms with Crippen molar-refractivity contribution in [3.63, 3.8) is 0 Å². The predicted molar refractivity (Wildman–Crippen MR) is 97.8 cm³/mol. The lowest BCUT2D eigenvalue weighted by atomic mass is 10.1. The highest BCUT2D eigenvalue weighted by Gasteiger charge is 2.23. The zero-order valence-electron chi connectivity index (χ0n) is 14.6. The number of halogens is 1. The van der Waals surface area contributed by atoms with E-state index in [1.807, 2.05) is 0 Å². The number of carbonyl (C=O) groups is 1. The van der Waals surface area contributed by atoms with E-state index in [9.17, 15) is 14.3 Å². The fourth-order valence-electron chi connectivity index (χ4n) is 2.90. The van der Waals surface area contributed by atoms with E-state index < -0.39 is 5.82 Å². The molecule has 4 nitrogen and oxygen atoms in total. The second-order valence-electron chi connectivity index (χ2n) is 5.99. The van der Waals surface area contributed by atoms with Crippen molar-refractivity contribution in [2.24, 2.45) is 0 Å². The minimum absolute atomic E-state index is 0.0444. The van der Waals surface area contributed by atoms with E-state index in [2.05, 4.69) is 0 Å². The van der Waals surface area contributed by atoms with Gasteiger partial charge in [0, 0.05) is 22.8 Å². The van der Waals surface area contributed by atoms with Crippen molar-refractivity contribution in [2.75, 3.05) is 14.2 Å². The van der Waals surface area contributed by atoms with Crippen LogP contribution in [0.2, 0.25) is 0 Å². The van der Waals surface area contributed by atoms with E-state index in [4.69, 9.17) is 9.47 Å². The van der Waals surface area contributed by atoms with E-state index in [0.29, 0.717) is 41.1 Å². The number of ether oxygens (including phenoxy) is 2. The van der Waals surface area contributed by atoms with E-state index in [0.717, 1.165) is 5.56 Å². The number of hydrogen-bond donors (Lipinski definition) is 1. The summed E-state index contributed by atoms with van der Waals surface area (Å²) < 4.78 is 24.2. The van der Waals surface area contributed by atoms with Crippen LogP contribution in [0.3, 0.4) is 0 Å². The van der Waals surface area contributed by atoms with E-state index in [1.54, 1.807) is 36.4 Å². The maximum absolute atomic E-state index is 14.1. The fourth-order valence-corrected chi connectivity index (χ4v) is 2.90. The normalized spacial score (nSPS) is 17.1. The monoisotopic (exact) mass is 354 g/mol. The Balaban J connectivity index is 1.86. The van der Waals surface area contributed by atoms with Gasteiger partial charge >= 0.3 is 0 Å². The molecule has 0 amide bonds. The molecule has 1 fully saturated rings. The number of carbonyl (C=O) groups excluding carboxylic acids is 1. The topological polar surface area (TPSA) is 55.8 Å². The Bertz CT molecular complexity index is 912. The molecule has 2 aromatic rings. The van der Waals surface area contributed by atoms with Gasteiger partial charge in [-0.3, -0.25) is 4.79 Å². The van der Waals surface area contributed by atoms with Gasteiger partial charge in [0.1, 0.15) is 11.6 Å². The summed E-state index contributed by atoms with van der Waals surface area (Å²) in [5.74, 6) is 0.311. The minimum atomic E-state index is -0.426. The number of phenolic OH excluding ortho intramolecular Hbond substituents is 1. The van der Waals surface area contributed by atoms with Crippen LogP contribution in [0.4, 0.5) is 4.39 Å². The molecule has 26 heavy (non-hydrogen) atoms. The summed E-state index contributed by atoms with van der Waals surface area (Å²) in [6.45, 7) is 0. The highest BCUT2D eigenvalue weighted by atomic mass is 19.1. The molecule has 1 N–H and O–H groups in total. The molecule has 0 saturated heterocycles. The summed E-state index contributed by atoms with van der Waals surface area (Å²) in [7, 11) is 2.94. The Morgan fingerprint density at radius 1 is 1.00 bits per heavy atom. The van der Waals surface area contributed by atoms with E-state index in [1.165, 1.54) is 26.4 Å². The lowest BCUT2D eigenvalue weighted by Crippen LogP contribution is -1.96. The highest BCUT2D eigenvalue weighted by Crippen LogP contribution is 2.32. The molecule has 0 aromatic heterocycles. The van der Waals surface area contributed by atoms with E-state index >= 15 is 0 Å². The van der Waals surface area contributed by atoms with Gasteiger partial charge < -0.3 is 14.6 Å². The standard InChI is InChI=1S/C21H19FO4/c1-25-17-7-6-14(18(22)12-17)11-16-5-4-15(21(16)24)9-13-3-8-19(23)20(10-13)26-2/h3,6-12,23H,4-5H2,1-2H3/b15-9+,16-11+. The average molecular weight is 354 g/mol. The Morgan fingerprint density at radius 3 is 2.38 bits per heavy atom. The number of benzene rings is 2. The Morgan fingerprint density at radius 2 is 1.73 bits per heavy atom. The third-order valence-corrected chi connectivity index (χ3v) is 4.33. The zero-order chi connectivity index (χ0) is 18.7. The molecule has 3 rings (SSSR count). The maximum Gasteiger partial charge on any atom is 0.185 e. The summed E-state index contributed by atoms with van der Waals surface area (Å²) >= 11 is 0. The van der Waals surface area contributed by atoms with Crippen LogP contribution < -0.4 is 9.47 Å². The van der Waals surface area contributed by atoms with Crippen LogP contribution in [0.5, 0.6) is 17.2 Å². The number of methoxy groups -OCH3 is 2. The smallest absolute Gasteiger partial charge is 0.185 e. The number of allylic oxidation sites excluding steroid dienone is 2. The molecule has 0 unspecified atom stereocenters. The second-order valence-corrected chi connectivity index (χ2v) is 5.99. The second kappa shape index (κ2) is 7.44. The molecule has 0 bridgehead atoms. The molecule has 1 aliphatic carbocycles. The molecule has 0 heterocycles. The van der Waals surface area contributed by atoms with Crippen LogP contribution in [-0.4, -0.2) is 25.1 Å². The Labute approximate surface area is 151 Å². The van der Waals surface area contributed by atoms with Gasteiger partial charge in [0.15, 0.2) is 17.3 Å². The number of phenols is 1. The van der Waals surface area contributed by atoms with Crippen molar-refractivity contribution < 1.29 is 23.8 Å². The average Bonchev–Trinajstić information content (AvgIpc) is 2.98. The van der Waals surface area contributed by atoms with Crippen LogP contribution in [0.25, 0.3) is 12.2 Å². The van der Waals surface area contributed by atoms with Gasteiger partial charge in [-0.1, -0.05) is 6.07 Å². The van der Waals surface area contributed by atoms with Gasteiger partial charge in [0.25, 0.3) is 0 Å².